The van der Waals surface area contributed by atoms with E-state index in [1.54, 1.807) is 13.2 Å². The van der Waals surface area contributed by atoms with Crippen LogP contribution in [0.5, 0.6) is 5.75 Å². The predicted molar refractivity (Wildman–Crippen MR) is 75.1 cm³/mol. The monoisotopic (exact) mass is 302 g/mol. The molecule has 2 aromatic rings. The molecule has 0 atom stereocenters. The van der Waals surface area contributed by atoms with Gasteiger partial charge in [-0.15, -0.1) is 0 Å². The van der Waals surface area contributed by atoms with Crippen molar-refractivity contribution in [2.45, 2.75) is 0 Å². The number of ether oxygens (including phenoxy) is 1. The number of halogens is 1. The molecule has 0 saturated heterocycles. The van der Waals surface area contributed by atoms with Gasteiger partial charge in [-0.3, -0.25) is 0 Å². The van der Waals surface area contributed by atoms with Crippen molar-refractivity contribution in [3.8, 4) is 11.8 Å². The zero-order chi connectivity index (χ0) is 13.0. The van der Waals surface area contributed by atoms with Gasteiger partial charge in [0, 0.05) is 4.47 Å². The Labute approximate surface area is 114 Å². The van der Waals surface area contributed by atoms with Crippen molar-refractivity contribution in [3.63, 3.8) is 0 Å². The first-order valence-electron chi connectivity index (χ1n) is 5.34. The van der Waals surface area contributed by atoms with Crippen molar-refractivity contribution in [3.05, 3.63) is 52.5 Å². The van der Waals surface area contributed by atoms with Gasteiger partial charge in [0.25, 0.3) is 0 Å². The highest BCUT2D eigenvalue weighted by molar-refractivity contribution is 9.10. The molecule has 0 spiro atoms. The molecule has 0 aliphatic rings. The smallest absolute Gasteiger partial charge is 0.142 e. The number of nitrogens with one attached hydrogen (secondary N) is 1. The summed E-state index contributed by atoms with van der Waals surface area (Å²) in [7, 11) is 1.62. The van der Waals surface area contributed by atoms with E-state index in [9.17, 15) is 0 Å². The van der Waals surface area contributed by atoms with E-state index < -0.39 is 0 Å². The number of anilines is 2. The first-order valence-corrected chi connectivity index (χ1v) is 6.13. The number of hydrogen-bond donors (Lipinski definition) is 1. The summed E-state index contributed by atoms with van der Waals surface area (Å²) in [6, 6.07) is 15.2. The highest BCUT2D eigenvalue weighted by atomic mass is 79.9. The molecular formula is C14H11BrN2O. The minimum atomic E-state index is 0.597. The number of benzene rings is 2. The molecule has 18 heavy (non-hydrogen) atoms. The molecule has 0 bridgehead atoms. The fourth-order valence-electron chi connectivity index (χ4n) is 1.61. The highest BCUT2D eigenvalue weighted by Crippen LogP contribution is 2.31. The van der Waals surface area contributed by atoms with Crippen LogP contribution in [-0.4, -0.2) is 7.11 Å². The van der Waals surface area contributed by atoms with Crippen molar-refractivity contribution in [2.24, 2.45) is 0 Å². The summed E-state index contributed by atoms with van der Waals surface area (Å²) in [5.74, 6) is 0.728. The minimum absolute atomic E-state index is 0.597. The van der Waals surface area contributed by atoms with Gasteiger partial charge >= 0.3 is 0 Å². The lowest BCUT2D eigenvalue weighted by molar-refractivity contribution is 0.417. The van der Waals surface area contributed by atoms with Gasteiger partial charge in [0.2, 0.25) is 0 Å². The molecule has 3 nitrogen and oxygen atoms in total. The molecule has 0 aliphatic heterocycles. The Morgan fingerprint density at radius 2 is 1.94 bits per heavy atom. The Morgan fingerprint density at radius 1 is 1.17 bits per heavy atom. The van der Waals surface area contributed by atoms with E-state index in [1.165, 1.54) is 0 Å². The van der Waals surface area contributed by atoms with Crippen molar-refractivity contribution in [1.29, 1.82) is 5.26 Å². The molecule has 1 N–H and O–H groups in total. The Kier molecular flexibility index (Phi) is 3.85. The molecule has 0 aromatic heterocycles. The van der Waals surface area contributed by atoms with E-state index in [0.29, 0.717) is 5.56 Å². The second-order valence-corrected chi connectivity index (χ2v) is 4.54. The van der Waals surface area contributed by atoms with Crippen LogP contribution < -0.4 is 10.1 Å². The topological polar surface area (TPSA) is 45.0 Å². The summed E-state index contributed by atoms with van der Waals surface area (Å²) in [6.45, 7) is 0. The molecule has 0 heterocycles. The van der Waals surface area contributed by atoms with Gasteiger partial charge in [-0.1, -0.05) is 28.1 Å². The number of hydrogen-bond acceptors (Lipinski definition) is 3. The summed E-state index contributed by atoms with van der Waals surface area (Å²) >= 11 is 3.41. The van der Waals surface area contributed by atoms with Crippen LogP contribution in [0.4, 0.5) is 11.4 Å². The minimum Gasteiger partial charge on any atom is -0.495 e. The van der Waals surface area contributed by atoms with Crippen LogP contribution in [-0.2, 0) is 0 Å². The summed E-state index contributed by atoms with van der Waals surface area (Å²) in [5.41, 5.74) is 2.17. The summed E-state index contributed by atoms with van der Waals surface area (Å²) in [4.78, 5) is 0. The summed E-state index contributed by atoms with van der Waals surface area (Å²) in [6.07, 6.45) is 0. The molecule has 90 valence electrons. The lowest BCUT2D eigenvalue weighted by Gasteiger charge is -2.12. The van der Waals surface area contributed by atoms with Crippen LogP contribution in [0.2, 0.25) is 0 Å². The van der Waals surface area contributed by atoms with Crippen molar-refractivity contribution in [1.82, 2.24) is 0 Å². The largest absolute Gasteiger partial charge is 0.495 e. The van der Waals surface area contributed by atoms with Crippen LogP contribution in [0.1, 0.15) is 5.56 Å². The maximum atomic E-state index is 9.05. The van der Waals surface area contributed by atoms with E-state index in [0.717, 1.165) is 21.6 Å². The first-order chi connectivity index (χ1) is 8.74. The van der Waals surface area contributed by atoms with Crippen LogP contribution in [0, 0.1) is 11.3 Å². The molecule has 0 unspecified atom stereocenters. The molecule has 4 heteroatoms. The molecule has 0 radical (unpaired) electrons. The third-order valence-corrected chi connectivity index (χ3v) is 2.97. The van der Waals surface area contributed by atoms with Crippen LogP contribution in [0.25, 0.3) is 0 Å². The van der Waals surface area contributed by atoms with Crippen LogP contribution in [0.15, 0.2) is 46.9 Å². The average molecular weight is 303 g/mol. The SMILES string of the molecule is COc1ccc(Br)cc1Nc1ccccc1C#N. The van der Waals surface area contributed by atoms with Gasteiger partial charge in [-0.05, 0) is 30.3 Å². The van der Waals surface area contributed by atoms with Gasteiger partial charge < -0.3 is 10.1 Å². The van der Waals surface area contributed by atoms with Gasteiger partial charge in [-0.2, -0.15) is 5.26 Å². The predicted octanol–water partition coefficient (Wildman–Crippen LogP) is 4.07. The number of nitriles is 1. The summed E-state index contributed by atoms with van der Waals surface area (Å²) < 4.78 is 6.22. The molecule has 2 aromatic carbocycles. The number of methoxy groups -OCH3 is 1. The van der Waals surface area contributed by atoms with E-state index in [4.69, 9.17) is 10.00 Å². The zero-order valence-corrected chi connectivity index (χ0v) is 11.4. The van der Waals surface area contributed by atoms with Gasteiger partial charge in [-0.25, -0.2) is 0 Å². The van der Waals surface area contributed by atoms with Gasteiger partial charge in [0.15, 0.2) is 0 Å². The first kappa shape index (κ1) is 12.5. The third-order valence-electron chi connectivity index (χ3n) is 2.48. The van der Waals surface area contributed by atoms with E-state index in [1.807, 2.05) is 36.4 Å². The van der Waals surface area contributed by atoms with E-state index >= 15 is 0 Å². The van der Waals surface area contributed by atoms with Crippen LogP contribution >= 0.6 is 15.9 Å². The highest BCUT2D eigenvalue weighted by Gasteiger charge is 2.06. The van der Waals surface area contributed by atoms with E-state index in [-0.39, 0.29) is 0 Å². The van der Waals surface area contributed by atoms with Gasteiger partial charge in [0.05, 0.1) is 24.0 Å². The summed E-state index contributed by atoms with van der Waals surface area (Å²) in [5, 5.41) is 12.3. The van der Waals surface area contributed by atoms with Crippen molar-refractivity contribution < 1.29 is 4.74 Å². The molecule has 0 fully saturated rings. The Morgan fingerprint density at radius 3 is 2.67 bits per heavy atom. The van der Waals surface area contributed by atoms with E-state index in [2.05, 4.69) is 27.3 Å². The number of nitrogens with zero attached hydrogens (tertiary/aromatic N) is 1. The molecule has 2 rings (SSSR count). The second kappa shape index (κ2) is 5.56. The lowest BCUT2D eigenvalue weighted by Crippen LogP contribution is -1.96. The fraction of sp³-hybridized carbons (Fsp3) is 0.0714. The third kappa shape index (κ3) is 2.63. The fourth-order valence-corrected chi connectivity index (χ4v) is 1.97. The number of rotatable bonds is 3. The second-order valence-electron chi connectivity index (χ2n) is 3.63. The Balaban J connectivity index is 2.40. The maximum absolute atomic E-state index is 9.05. The lowest BCUT2D eigenvalue weighted by atomic mass is 10.2. The number of para-hydroxylation sites is 1. The maximum Gasteiger partial charge on any atom is 0.142 e. The molecule has 0 aliphatic carbocycles. The van der Waals surface area contributed by atoms with Crippen LogP contribution in [0.3, 0.4) is 0 Å². The van der Waals surface area contributed by atoms with Crippen molar-refractivity contribution >= 4 is 27.3 Å². The van der Waals surface area contributed by atoms with Gasteiger partial charge in [0.1, 0.15) is 11.8 Å². The standard InChI is InChI=1S/C14H11BrN2O/c1-18-14-7-6-11(15)8-13(14)17-12-5-3-2-4-10(12)9-16/h2-8,17H,1H3. The Hall–Kier alpha value is -1.99. The molecule has 0 amide bonds. The average Bonchev–Trinajstić information content (AvgIpc) is 2.40. The zero-order valence-electron chi connectivity index (χ0n) is 9.77. The normalized spacial score (nSPS) is 9.61. The Bertz CT molecular complexity index is 605. The molecular weight excluding hydrogens is 292 g/mol. The quantitative estimate of drug-likeness (QED) is 0.929. The molecule has 0 saturated carbocycles. The van der Waals surface area contributed by atoms with Crippen molar-refractivity contribution in [2.75, 3.05) is 12.4 Å².